The SMILES string of the molecule is COC(=O)NC(=O)[C@@H](C)Sc1nnc(-c2ccccc2Cl)n1C. The van der Waals surface area contributed by atoms with Gasteiger partial charge in [-0.2, -0.15) is 0 Å². The van der Waals surface area contributed by atoms with Gasteiger partial charge in [0.25, 0.3) is 0 Å². The summed E-state index contributed by atoms with van der Waals surface area (Å²) in [5, 5.41) is 10.9. The first-order valence-electron chi connectivity index (χ1n) is 6.63. The van der Waals surface area contributed by atoms with E-state index >= 15 is 0 Å². The molecule has 0 radical (unpaired) electrons. The molecule has 1 aromatic carbocycles. The number of ether oxygens (including phenoxy) is 1. The van der Waals surface area contributed by atoms with E-state index in [0.717, 1.165) is 5.56 Å². The fourth-order valence-electron chi connectivity index (χ4n) is 1.76. The first kappa shape index (κ1) is 17.3. The third kappa shape index (κ3) is 4.02. The number of nitrogens with zero attached hydrogens (tertiary/aromatic N) is 3. The molecule has 1 atom stereocenters. The number of rotatable bonds is 4. The number of aromatic nitrogens is 3. The molecule has 0 saturated heterocycles. The van der Waals surface area contributed by atoms with Gasteiger partial charge in [-0.3, -0.25) is 10.1 Å². The number of nitrogens with one attached hydrogen (secondary N) is 1. The third-order valence-electron chi connectivity index (χ3n) is 3.01. The Kier molecular flexibility index (Phi) is 5.62. The van der Waals surface area contributed by atoms with E-state index in [2.05, 4.69) is 20.3 Å². The van der Waals surface area contributed by atoms with Gasteiger partial charge in [-0.25, -0.2) is 4.79 Å². The summed E-state index contributed by atoms with van der Waals surface area (Å²) in [6, 6.07) is 7.30. The van der Waals surface area contributed by atoms with Crippen molar-refractivity contribution in [2.45, 2.75) is 17.3 Å². The minimum Gasteiger partial charge on any atom is -0.453 e. The minimum atomic E-state index is -0.794. The first-order chi connectivity index (χ1) is 10.9. The number of methoxy groups -OCH3 is 1. The van der Waals surface area contributed by atoms with E-state index in [1.54, 1.807) is 24.6 Å². The van der Waals surface area contributed by atoms with E-state index in [-0.39, 0.29) is 0 Å². The van der Waals surface area contributed by atoms with Gasteiger partial charge in [-0.1, -0.05) is 35.5 Å². The highest BCUT2D eigenvalue weighted by Crippen LogP contribution is 2.29. The highest BCUT2D eigenvalue weighted by molar-refractivity contribution is 8.00. The number of alkyl carbamates (subject to hydrolysis) is 1. The largest absolute Gasteiger partial charge is 0.453 e. The Hall–Kier alpha value is -2.06. The Labute approximate surface area is 142 Å². The van der Waals surface area contributed by atoms with E-state index in [4.69, 9.17) is 11.6 Å². The van der Waals surface area contributed by atoms with Crippen molar-refractivity contribution in [2.24, 2.45) is 7.05 Å². The molecule has 0 aliphatic rings. The fourth-order valence-corrected chi connectivity index (χ4v) is 2.79. The summed E-state index contributed by atoms with van der Waals surface area (Å²) in [7, 11) is 2.98. The fraction of sp³-hybridized carbons (Fsp3) is 0.286. The van der Waals surface area contributed by atoms with Gasteiger partial charge in [0, 0.05) is 12.6 Å². The Balaban J connectivity index is 2.15. The van der Waals surface area contributed by atoms with E-state index in [1.807, 2.05) is 18.2 Å². The van der Waals surface area contributed by atoms with Crippen LogP contribution < -0.4 is 5.32 Å². The molecule has 122 valence electrons. The lowest BCUT2D eigenvalue weighted by Gasteiger charge is -2.10. The summed E-state index contributed by atoms with van der Waals surface area (Å²) >= 11 is 7.34. The van der Waals surface area contributed by atoms with E-state index in [0.29, 0.717) is 16.0 Å². The van der Waals surface area contributed by atoms with Gasteiger partial charge in [-0.15, -0.1) is 10.2 Å². The summed E-state index contributed by atoms with van der Waals surface area (Å²) < 4.78 is 6.14. The molecule has 1 heterocycles. The molecular formula is C14H15ClN4O3S. The molecule has 0 unspecified atom stereocenters. The molecule has 2 amide bonds. The molecule has 9 heteroatoms. The monoisotopic (exact) mass is 354 g/mol. The number of halogens is 1. The summed E-state index contributed by atoms with van der Waals surface area (Å²) in [6.07, 6.45) is -0.794. The molecule has 7 nitrogen and oxygen atoms in total. The second kappa shape index (κ2) is 7.47. The smallest absolute Gasteiger partial charge is 0.413 e. The van der Waals surface area contributed by atoms with Crippen LogP contribution in [0.2, 0.25) is 5.02 Å². The number of benzene rings is 1. The molecule has 1 N–H and O–H groups in total. The van der Waals surface area contributed by atoms with Crippen molar-refractivity contribution in [1.82, 2.24) is 20.1 Å². The van der Waals surface area contributed by atoms with Crippen LogP contribution in [0.4, 0.5) is 4.79 Å². The van der Waals surface area contributed by atoms with Gasteiger partial charge in [-0.05, 0) is 19.1 Å². The Morgan fingerprint density at radius 3 is 2.70 bits per heavy atom. The van der Waals surface area contributed by atoms with Crippen LogP contribution in [0, 0.1) is 0 Å². The van der Waals surface area contributed by atoms with Crippen molar-refractivity contribution in [1.29, 1.82) is 0 Å². The molecule has 1 aromatic heterocycles. The number of carbonyl (C=O) groups is 2. The lowest BCUT2D eigenvalue weighted by atomic mass is 10.2. The van der Waals surface area contributed by atoms with Crippen LogP contribution in [0.1, 0.15) is 6.92 Å². The van der Waals surface area contributed by atoms with E-state index in [1.165, 1.54) is 18.9 Å². The average Bonchev–Trinajstić information content (AvgIpc) is 2.88. The topological polar surface area (TPSA) is 86.1 Å². The van der Waals surface area contributed by atoms with Crippen molar-refractivity contribution in [2.75, 3.05) is 7.11 Å². The summed E-state index contributed by atoms with van der Waals surface area (Å²) in [6.45, 7) is 1.66. The van der Waals surface area contributed by atoms with Crippen molar-refractivity contribution in [3.05, 3.63) is 29.3 Å². The average molecular weight is 355 g/mol. The molecule has 2 aromatic rings. The van der Waals surface area contributed by atoms with Crippen LogP contribution in [-0.4, -0.2) is 39.1 Å². The van der Waals surface area contributed by atoms with Gasteiger partial charge < -0.3 is 9.30 Å². The third-order valence-corrected chi connectivity index (χ3v) is 4.48. The molecule has 0 bridgehead atoms. The molecule has 2 rings (SSSR count). The standard InChI is InChI=1S/C14H15ClN4O3S/c1-8(12(20)16-14(21)22-3)23-13-18-17-11(19(13)2)9-6-4-5-7-10(9)15/h4-8H,1-3H3,(H,16,20,21)/t8-/m1/s1. The van der Waals surface area contributed by atoms with Gasteiger partial charge >= 0.3 is 6.09 Å². The number of carbonyl (C=O) groups excluding carboxylic acids is 2. The van der Waals surface area contributed by atoms with Crippen LogP contribution in [0.5, 0.6) is 0 Å². The molecule has 0 fully saturated rings. The second-order valence-corrected chi connectivity index (χ2v) is 6.30. The molecule has 0 aliphatic heterocycles. The van der Waals surface area contributed by atoms with Crippen LogP contribution in [-0.2, 0) is 16.6 Å². The quantitative estimate of drug-likeness (QED) is 0.849. The zero-order chi connectivity index (χ0) is 17.0. The van der Waals surface area contributed by atoms with Crippen LogP contribution in [0.3, 0.4) is 0 Å². The predicted octanol–water partition coefficient (Wildman–Crippen LogP) is 2.50. The van der Waals surface area contributed by atoms with E-state index < -0.39 is 17.3 Å². The molecule has 0 aliphatic carbocycles. The number of amides is 2. The highest BCUT2D eigenvalue weighted by Gasteiger charge is 2.21. The van der Waals surface area contributed by atoms with Crippen molar-refractivity contribution in [3.8, 4) is 11.4 Å². The predicted molar refractivity (Wildman–Crippen MR) is 87.3 cm³/mol. The molecule has 23 heavy (non-hydrogen) atoms. The van der Waals surface area contributed by atoms with Gasteiger partial charge in [0.05, 0.1) is 17.4 Å². The van der Waals surface area contributed by atoms with Crippen LogP contribution in [0.25, 0.3) is 11.4 Å². The number of thioether (sulfide) groups is 1. The lowest BCUT2D eigenvalue weighted by molar-refractivity contribution is -0.119. The Bertz CT molecular complexity index is 735. The van der Waals surface area contributed by atoms with Gasteiger partial charge in [0.1, 0.15) is 0 Å². The Morgan fingerprint density at radius 2 is 2.04 bits per heavy atom. The van der Waals surface area contributed by atoms with Crippen LogP contribution in [0.15, 0.2) is 29.4 Å². The van der Waals surface area contributed by atoms with Crippen molar-refractivity contribution >= 4 is 35.4 Å². The Morgan fingerprint density at radius 1 is 1.35 bits per heavy atom. The van der Waals surface area contributed by atoms with Gasteiger partial charge in [0.15, 0.2) is 11.0 Å². The highest BCUT2D eigenvalue weighted by atomic mass is 35.5. The summed E-state index contributed by atoms with van der Waals surface area (Å²) in [5.41, 5.74) is 0.752. The van der Waals surface area contributed by atoms with Crippen molar-refractivity contribution in [3.63, 3.8) is 0 Å². The minimum absolute atomic E-state index is 0.468. The maximum Gasteiger partial charge on any atom is 0.413 e. The second-order valence-electron chi connectivity index (χ2n) is 4.59. The van der Waals surface area contributed by atoms with E-state index in [9.17, 15) is 9.59 Å². The van der Waals surface area contributed by atoms with Gasteiger partial charge in [0.2, 0.25) is 5.91 Å². The van der Waals surface area contributed by atoms with Crippen LogP contribution >= 0.6 is 23.4 Å². The molecule has 0 saturated carbocycles. The number of hydrogen-bond donors (Lipinski definition) is 1. The maximum absolute atomic E-state index is 11.8. The lowest BCUT2D eigenvalue weighted by Crippen LogP contribution is -2.35. The van der Waals surface area contributed by atoms with Crippen molar-refractivity contribution < 1.29 is 14.3 Å². The normalized spacial score (nSPS) is 11.8. The zero-order valence-electron chi connectivity index (χ0n) is 12.7. The zero-order valence-corrected chi connectivity index (χ0v) is 14.3. The first-order valence-corrected chi connectivity index (χ1v) is 7.89. The molecule has 0 spiro atoms. The summed E-state index contributed by atoms with van der Waals surface area (Å²) in [4.78, 5) is 22.9. The number of hydrogen-bond acceptors (Lipinski definition) is 6. The maximum atomic E-state index is 11.8. The molecular weight excluding hydrogens is 340 g/mol. The number of imide groups is 1. The summed E-state index contributed by atoms with van der Waals surface area (Å²) in [5.74, 6) is 0.128.